The van der Waals surface area contributed by atoms with Crippen molar-refractivity contribution in [2.45, 2.75) is 6.92 Å². The second kappa shape index (κ2) is 5.67. The molecule has 0 aliphatic rings. The van der Waals surface area contributed by atoms with Crippen LogP contribution >= 0.6 is 22.9 Å². The van der Waals surface area contributed by atoms with Gasteiger partial charge in [0.25, 0.3) is 0 Å². The molecular formula is C14H12ClN5S. The smallest absolute Gasteiger partial charge is 0.188 e. The third kappa shape index (κ3) is 2.96. The minimum Gasteiger partial charge on any atom is -0.383 e. The number of nitrogens with two attached hydrogens (primary N) is 1. The van der Waals surface area contributed by atoms with E-state index in [2.05, 4.69) is 20.3 Å². The molecule has 3 rings (SSSR count). The fraction of sp³-hybridized carbons (Fsp3) is 0.0714. The average molecular weight is 318 g/mol. The van der Waals surface area contributed by atoms with Crippen molar-refractivity contribution in [1.82, 2.24) is 15.0 Å². The number of thiazole rings is 1. The van der Waals surface area contributed by atoms with Gasteiger partial charge in [0, 0.05) is 28.9 Å². The highest BCUT2D eigenvalue weighted by Crippen LogP contribution is 2.30. The normalized spacial score (nSPS) is 10.6. The molecule has 0 atom stereocenters. The number of nitrogen functional groups attached to an aromatic ring is 1. The van der Waals surface area contributed by atoms with Crippen LogP contribution in [0.4, 0.5) is 16.8 Å². The third-order valence-corrected chi connectivity index (χ3v) is 3.97. The molecule has 0 aromatic carbocycles. The summed E-state index contributed by atoms with van der Waals surface area (Å²) in [6.45, 7) is 1.94. The Morgan fingerprint density at radius 1 is 1.24 bits per heavy atom. The molecular weight excluding hydrogens is 306 g/mol. The van der Waals surface area contributed by atoms with Crippen LogP contribution < -0.4 is 11.1 Å². The summed E-state index contributed by atoms with van der Waals surface area (Å²) in [5.74, 6) is 1.22. The van der Waals surface area contributed by atoms with Gasteiger partial charge in [-0.1, -0.05) is 11.6 Å². The number of halogens is 1. The molecule has 0 aliphatic heterocycles. The van der Waals surface area contributed by atoms with Crippen LogP contribution in [-0.2, 0) is 0 Å². The van der Waals surface area contributed by atoms with E-state index in [1.54, 1.807) is 24.5 Å². The maximum Gasteiger partial charge on any atom is 0.188 e. The van der Waals surface area contributed by atoms with Gasteiger partial charge >= 0.3 is 0 Å². The van der Waals surface area contributed by atoms with E-state index >= 15 is 0 Å². The van der Waals surface area contributed by atoms with Crippen molar-refractivity contribution >= 4 is 39.7 Å². The predicted octanol–water partition coefficient (Wildman–Crippen LogP) is 3.89. The summed E-state index contributed by atoms with van der Waals surface area (Å²) in [6.07, 6.45) is 3.27. The van der Waals surface area contributed by atoms with Crippen LogP contribution in [0.2, 0.25) is 5.02 Å². The monoisotopic (exact) mass is 317 g/mol. The quantitative estimate of drug-likeness (QED) is 0.766. The molecule has 21 heavy (non-hydrogen) atoms. The lowest BCUT2D eigenvalue weighted by atomic mass is 10.1. The van der Waals surface area contributed by atoms with E-state index in [1.807, 2.05) is 18.4 Å². The van der Waals surface area contributed by atoms with Gasteiger partial charge in [-0.2, -0.15) is 0 Å². The van der Waals surface area contributed by atoms with Crippen molar-refractivity contribution in [2.75, 3.05) is 11.1 Å². The first-order valence-electron chi connectivity index (χ1n) is 6.19. The Hall–Kier alpha value is -2.18. The fourth-order valence-corrected chi connectivity index (χ4v) is 2.67. The van der Waals surface area contributed by atoms with E-state index in [-0.39, 0.29) is 0 Å². The highest BCUT2D eigenvalue weighted by atomic mass is 35.5. The highest BCUT2D eigenvalue weighted by Gasteiger charge is 2.09. The molecule has 3 aromatic rings. The zero-order valence-electron chi connectivity index (χ0n) is 11.2. The van der Waals surface area contributed by atoms with Crippen molar-refractivity contribution in [3.63, 3.8) is 0 Å². The molecule has 3 heterocycles. The van der Waals surface area contributed by atoms with Crippen LogP contribution in [0, 0.1) is 6.92 Å². The van der Waals surface area contributed by atoms with E-state index in [1.165, 1.54) is 11.3 Å². The van der Waals surface area contributed by atoms with Crippen molar-refractivity contribution in [3.8, 4) is 11.3 Å². The largest absolute Gasteiger partial charge is 0.383 e. The molecule has 0 spiro atoms. The third-order valence-electron chi connectivity index (χ3n) is 2.99. The Kier molecular flexibility index (Phi) is 3.72. The molecule has 0 saturated carbocycles. The summed E-state index contributed by atoms with van der Waals surface area (Å²) in [5.41, 5.74) is 8.60. The van der Waals surface area contributed by atoms with Crippen LogP contribution in [0.25, 0.3) is 11.3 Å². The second-order valence-corrected chi connectivity index (χ2v) is 5.69. The summed E-state index contributed by atoms with van der Waals surface area (Å²) in [6, 6.07) is 5.49. The summed E-state index contributed by atoms with van der Waals surface area (Å²) < 4.78 is 0. The van der Waals surface area contributed by atoms with Crippen molar-refractivity contribution in [1.29, 1.82) is 0 Å². The Labute approximate surface area is 130 Å². The summed E-state index contributed by atoms with van der Waals surface area (Å²) in [7, 11) is 0. The Morgan fingerprint density at radius 3 is 2.86 bits per heavy atom. The molecule has 5 nitrogen and oxygen atoms in total. The van der Waals surface area contributed by atoms with Gasteiger partial charge in [-0.25, -0.2) is 15.0 Å². The van der Waals surface area contributed by atoms with E-state index in [4.69, 9.17) is 17.3 Å². The first-order valence-corrected chi connectivity index (χ1v) is 7.45. The number of hydrogen-bond donors (Lipinski definition) is 2. The molecule has 0 saturated heterocycles. The zero-order valence-corrected chi connectivity index (χ0v) is 12.7. The van der Waals surface area contributed by atoms with Gasteiger partial charge in [0.15, 0.2) is 5.13 Å². The SMILES string of the molecule is Cc1c(-c2csc(Nc3ccc(Cl)cn3)n2)ccnc1N. The summed E-state index contributed by atoms with van der Waals surface area (Å²) in [4.78, 5) is 12.8. The molecule has 0 radical (unpaired) electrons. The lowest BCUT2D eigenvalue weighted by Crippen LogP contribution is -1.96. The minimum atomic E-state index is 0.523. The van der Waals surface area contributed by atoms with Gasteiger partial charge in [0.2, 0.25) is 0 Å². The minimum absolute atomic E-state index is 0.523. The second-order valence-electron chi connectivity index (χ2n) is 4.39. The van der Waals surface area contributed by atoms with Crippen molar-refractivity contribution in [2.24, 2.45) is 0 Å². The van der Waals surface area contributed by atoms with E-state index < -0.39 is 0 Å². The van der Waals surface area contributed by atoms with Crippen LogP contribution in [0.3, 0.4) is 0 Å². The number of nitrogens with one attached hydrogen (secondary N) is 1. The number of anilines is 3. The first-order chi connectivity index (χ1) is 10.1. The topological polar surface area (TPSA) is 76.7 Å². The van der Waals surface area contributed by atoms with Gasteiger partial charge in [0.05, 0.1) is 10.7 Å². The summed E-state index contributed by atoms with van der Waals surface area (Å²) >= 11 is 7.31. The van der Waals surface area contributed by atoms with Gasteiger partial charge in [-0.05, 0) is 25.1 Å². The maximum atomic E-state index is 5.83. The zero-order chi connectivity index (χ0) is 14.8. The van der Waals surface area contributed by atoms with E-state index in [9.17, 15) is 0 Å². The molecule has 0 amide bonds. The molecule has 0 fully saturated rings. The molecule has 0 aliphatic carbocycles. The lowest BCUT2D eigenvalue weighted by Gasteiger charge is -2.04. The number of pyridine rings is 2. The Balaban J connectivity index is 1.86. The van der Waals surface area contributed by atoms with Crippen LogP contribution in [0.5, 0.6) is 0 Å². The number of rotatable bonds is 3. The standard InChI is InChI=1S/C14H12ClN5S/c1-8-10(4-5-17-13(8)16)11-7-21-14(19-11)20-12-3-2-9(15)6-18-12/h2-7H,1H3,(H2,16,17)(H,18,19,20). The number of hydrogen-bond acceptors (Lipinski definition) is 6. The van der Waals surface area contributed by atoms with Crippen LogP contribution in [0.1, 0.15) is 5.56 Å². The van der Waals surface area contributed by atoms with Crippen molar-refractivity contribution in [3.05, 3.63) is 46.6 Å². The predicted molar refractivity (Wildman–Crippen MR) is 87.0 cm³/mol. The highest BCUT2D eigenvalue weighted by molar-refractivity contribution is 7.14. The van der Waals surface area contributed by atoms with E-state index in [0.29, 0.717) is 16.7 Å². The lowest BCUT2D eigenvalue weighted by molar-refractivity contribution is 1.26. The molecule has 7 heteroatoms. The van der Waals surface area contributed by atoms with Crippen molar-refractivity contribution < 1.29 is 0 Å². The Bertz CT molecular complexity index is 769. The van der Waals surface area contributed by atoms with E-state index in [0.717, 1.165) is 22.0 Å². The molecule has 3 aromatic heterocycles. The first kappa shape index (κ1) is 13.8. The van der Waals surface area contributed by atoms with Crippen LogP contribution in [-0.4, -0.2) is 15.0 Å². The number of nitrogens with zero attached hydrogens (tertiary/aromatic N) is 3. The molecule has 3 N–H and O–H groups in total. The summed E-state index contributed by atoms with van der Waals surface area (Å²) in [5, 5.41) is 6.48. The van der Waals surface area contributed by atoms with Gasteiger partial charge in [-0.3, -0.25) is 0 Å². The van der Waals surface area contributed by atoms with Gasteiger partial charge < -0.3 is 11.1 Å². The fourth-order valence-electron chi connectivity index (χ4n) is 1.84. The van der Waals surface area contributed by atoms with Gasteiger partial charge in [-0.15, -0.1) is 11.3 Å². The molecule has 0 unspecified atom stereocenters. The van der Waals surface area contributed by atoms with Gasteiger partial charge in [0.1, 0.15) is 11.6 Å². The average Bonchev–Trinajstić information content (AvgIpc) is 2.93. The molecule has 0 bridgehead atoms. The number of aromatic nitrogens is 3. The molecule has 106 valence electrons. The maximum absolute atomic E-state index is 5.83. The Morgan fingerprint density at radius 2 is 2.10 bits per heavy atom. The van der Waals surface area contributed by atoms with Crippen LogP contribution in [0.15, 0.2) is 36.0 Å².